The second kappa shape index (κ2) is 12.9. The molecule has 0 fully saturated rings. The maximum atomic E-state index is 14.4. The van der Waals surface area contributed by atoms with Crippen LogP contribution in [-0.4, -0.2) is 56.7 Å². The van der Waals surface area contributed by atoms with E-state index in [1.165, 1.54) is 17.7 Å². The van der Waals surface area contributed by atoms with Crippen LogP contribution in [0.3, 0.4) is 0 Å². The highest BCUT2D eigenvalue weighted by atomic mass is 19.4. The van der Waals surface area contributed by atoms with Gasteiger partial charge in [-0.25, -0.2) is 14.8 Å². The maximum absolute atomic E-state index is 14.4. The molecule has 4 heterocycles. The van der Waals surface area contributed by atoms with E-state index in [2.05, 4.69) is 24.9 Å². The highest BCUT2D eigenvalue weighted by molar-refractivity contribution is 5.94. The fourth-order valence-electron chi connectivity index (χ4n) is 3.92. The van der Waals surface area contributed by atoms with Gasteiger partial charge in [0.1, 0.15) is 29.0 Å². The van der Waals surface area contributed by atoms with E-state index in [0.717, 1.165) is 30.2 Å². The molecule has 0 bridgehead atoms. The number of halogens is 5. The van der Waals surface area contributed by atoms with E-state index in [9.17, 15) is 31.5 Å². The topological polar surface area (TPSA) is 122 Å². The zero-order chi connectivity index (χ0) is 31.2. The molecule has 10 nitrogen and oxygen atoms in total. The average molecular weight is 604 g/mol. The number of esters is 1. The molecule has 0 saturated heterocycles. The van der Waals surface area contributed by atoms with Crippen LogP contribution in [0.2, 0.25) is 0 Å². The molecule has 0 unspecified atom stereocenters. The monoisotopic (exact) mass is 603 g/mol. The predicted octanol–water partition coefficient (Wildman–Crippen LogP) is 5.70. The molecule has 0 aliphatic heterocycles. The third-order valence-electron chi connectivity index (χ3n) is 5.83. The Hall–Kier alpha value is -5.05. The number of nitrogens with zero attached hydrogens (tertiary/aromatic N) is 5. The van der Waals surface area contributed by atoms with E-state index in [4.69, 9.17) is 9.15 Å². The number of fused-ring (bicyclic) bond motifs is 3. The van der Waals surface area contributed by atoms with Crippen molar-refractivity contribution in [3.8, 4) is 22.7 Å². The first-order valence-electron chi connectivity index (χ1n) is 12.4. The van der Waals surface area contributed by atoms with Gasteiger partial charge in [0.05, 0.1) is 13.2 Å². The van der Waals surface area contributed by atoms with Gasteiger partial charge in [-0.1, -0.05) is 24.3 Å². The number of alkyl halides is 5. The fourth-order valence-corrected chi connectivity index (χ4v) is 3.92. The van der Waals surface area contributed by atoms with Crippen molar-refractivity contribution in [2.45, 2.75) is 25.6 Å². The molecule has 0 atom stereocenters. The van der Waals surface area contributed by atoms with Crippen molar-refractivity contribution in [3.63, 3.8) is 0 Å². The first kappa shape index (κ1) is 30.9. The predicted molar refractivity (Wildman–Crippen MR) is 142 cm³/mol. The van der Waals surface area contributed by atoms with Crippen molar-refractivity contribution in [2.24, 2.45) is 0 Å². The fraction of sp³-hybridized carbons (Fsp3) is 0.214. The number of carbonyl (C=O) groups is 2. The van der Waals surface area contributed by atoms with Gasteiger partial charge in [-0.2, -0.15) is 22.0 Å². The Balaban J connectivity index is 0.000000410. The molecule has 5 rings (SSSR count). The van der Waals surface area contributed by atoms with E-state index < -0.39 is 23.8 Å². The number of methoxy groups -OCH3 is 1. The summed E-state index contributed by atoms with van der Waals surface area (Å²) in [6, 6.07) is 10.6. The van der Waals surface area contributed by atoms with Crippen LogP contribution in [0.5, 0.6) is 0 Å². The van der Waals surface area contributed by atoms with Crippen molar-refractivity contribution < 1.29 is 45.4 Å². The highest BCUT2D eigenvalue weighted by Crippen LogP contribution is 2.45. The Bertz CT molecular complexity index is 1750. The molecule has 1 aromatic carbocycles. The SMILES string of the molecule is CCOC(=O)/C=C/C=O.COCc1ccc(-c2cc(C(F)(F)C(F)(F)F)nc3c2ccc2nc(-c4nnco4)cn23)cc1. The van der Waals surface area contributed by atoms with Gasteiger partial charge >= 0.3 is 18.1 Å². The summed E-state index contributed by atoms with van der Waals surface area (Å²) in [5.74, 6) is -5.60. The minimum atomic E-state index is -5.83. The molecule has 0 radical (unpaired) electrons. The van der Waals surface area contributed by atoms with Crippen molar-refractivity contribution in [3.05, 3.63) is 78.5 Å². The number of aldehydes is 1. The molecule has 0 N–H and O–H groups in total. The minimum Gasteiger partial charge on any atom is -0.463 e. The summed E-state index contributed by atoms with van der Waals surface area (Å²) in [7, 11) is 1.52. The summed E-state index contributed by atoms with van der Waals surface area (Å²) < 4.78 is 84.5. The van der Waals surface area contributed by atoms with Gasteiger partial charge in [0, 0.05) is 24.8 Å². The number of hydrogen-bond donors (Lipinski definition) is 0. The highest BCUT2D eigenvalue weighted by Gasteiger charge is 2.60. The molecule has 0 aliphatic rings. The van der Waals surface area contributed by atoms with Crippen LogP contribution < -0.4 is 0 Å². The van der Waals surface area contributed by atoms with Gasteiger partial charge in [-0.3, -0.25) is 9.20 Å². The molecule has 0 saturated carbocycles. The lowest BCUT2D eigenvalue weighted by Crippen LogP contribution is -2.34. The number of aromatic nitrogens is 5. The number of hydrogen-bond acceptors (Lipinski definition) is 9. The average Bonchev–Trinajstić information content (AvgIpc) is 3.67. The molecule has 0 amide bonds. The number of pyridine rings is 2. The van der Waals surface area contributed by atoms with Gasteiger partial charge in [-0.05, 0) is 47.9 Å². The molecule has 5 aromatic rings. The number of benzene rings is 1. The lowest BCUT2D eigenvalue weighted by Gasteiger charge is -2.21. The molecule has 0 aliphatic carbocycles. The standard InChI is InChI=1S/C22H14F5N5O2.C6H8O3/c1-33-10-12-2-4-13(5-3-12)15-8-17(21(23,24)22(25,26)27)30-19-14(15)6-7-18-29-16(9-32(18)19)20-31-28-11-34-20;1-2-9-6(8)4-3-5-7/h2-9,11H,10H2,1H3;3-5H,2H2,1H3/b;4-3+. The van der Waals surface area contributed by atoms with Crippen molar-refractivity contribution in [1.82, 2.24) is 24.6 Å². The van der Waals surface area contributed by atoms with Gasteiger partial charge in [0.2, 0.25) is 6.39 Å². The zero-order valence-electron chi connectivity index (χ0n) is 22.5. The van der Waals surface area contributed by atoms with Crippen molar-refractivity contribution >= 4 is 28.9 Å². The van der Waals surface area contributed by atoms with Crippen LogP contribution >= 0.6 is 0 Å². The van der Waals surface area contributed by atoms with E-state index in [-0.39, 0.29) is 28.4 Å². The smallest absolute Gasteiger partial charge is 0.459 e. The summed E-state index contributed by atoms with van der Waals surface area (Å²) in [5, 5.41) is 7.66. The molecule has 43 heavy (non-hydrogen) atoms. The van der Waals surface area contributed by atoms with Crippen LogP contribution in [0, 0.1) is 0 Å². The number of carbonyl (C=O) groups excluding carboxylic acids is 2. The Morgan fingerprint density at radius 1 is 1.07 bits per heavy atom. The molecular weight excluding hydrogens is 581 g/mol. The minimum absolute atomic E-state index is 0.0579. The Kier molecular flexibility index (Phi) is 9.24. The largest absolute Gasteiger partial charge is 0.463 e. The van der Waals surface area contributed by atoms with Crippen LogP contribution in [0.1, 0.15) is 18.2 Å². The number of imidazole rings is 1. The quantitative estimate of drug-likeness (QED) is 0.0951. The van der Waals surface area contributed by atoms with E-state index in [1.54, 1.807) is 43.3 Å². The number of rotatable bonds is 8. The van der Waals surface area contributed by atoms with Gasteiger partial charge < -0.3 is 13.9 Å². The number of ether oxygens (including phenoxy) is 2. The van der Waals surface area contributed by atoms with Crippen LogP contribution in [0.4, 0.5) is 22.0 Å². The van der Waals surface area contributed by atoms with Crippen molar-refractivity contribution in [2.75, 3.05) is 13.7 Å². The first-order valence-corrected chi connectivity index (χ1v) is 12.4. The van der Waals surface area contributed by atoms with Crippen LogP contribution in [-0.2, 0) is 31.6 Å². The summed E-state index contributed by atoms with van der Waals surface area (Å²) in [5.41, 5.74) is 0.307. The third-order valence-corrected chi connectivity index (χ3v) is 5.83. The zero-order valence-corrected chi connectivity index (χ0v) is 22.5. The Morgan fingerprint density at radius 3 is 2.42 bits per heavy atom. The van der Waals surface area contributed by atoms with E-state index >= 15 is 0 Å². The van der Waals surface area contributed by atoms with E-state index in [1.807, 2.05) is 0 Å². The number of allylic oxidation sites excluding steroid dienone is 1. The first-order chi connectivity index (χ1) is 20.5. The molecule has 224 valence electrons. The molecule has 15 heteroatoms. The molecular formula is C28H22F5N5O5. The maximum Gasteiger partial charge on any atom is 0.459 e. The van der Waals surface area contributed by atoms with Gasteiger partial charge in [0.15, 0.2) is 0 Å². The summed E-state index contributed by atoms with van der Waals surface area (Å²) in [6.07, 6.45) is -0.654. The Morgan fingerprint density at radius 2 is 1.81 bits per heavy atom. The normalized spacial score (nSPS) is 12.0. The van der Waals surface area contributed by atoms with Crippen molar-refractivity contribution in [1.29, 1.82) is 0 Å². The van der Waals surface area contributed by atoms with Gasteiger partial charge in [-0.15, -0.1) is 10.2 Å². The second-order valence-electron chi connectivity index (χ2n) is 8.67. The van der Waals surface area contributed by atoms with Crippen LogP contribution in [0.25, 0.3) is 39.4 Å². The molecule has 0 spiro atoms. The summed E-state index contributed by atoms with van der Waals surface area (Å²) in [6.45, 7) is 2.36. The lowest BCUT2D eigenvalue weighted by molar-refractivity contribution is -0.290. The second-order valence-corrected chi connectivity index (χ2v) is 8.67. The summed E-state index contributed by atoms with van der Waals surface area (Å²) in [4.78, 5) is 28.0. The van der Waals surface area contributed by atoms with Gasteiger partial charge in [0.25, 0.3) is 5.89 Å². The summed E-state index contributed by atoms with van der Waals surface area (Å²) >= 11 is 0. The van der Waals surface area contributed by atoms with Crippen LogP contribution in [0.15, 0.2) is 71.6 Å². The lowest BCUT2D eigenvalue weighted by atomic mass is 9.99. The molecule has 4 aromatic heterocycles. The Labute approximate surface area is 239 Å². The third kappa shape index (κ3) is 6.72. The van der Waals surface area contributed by atoms with E-state index in [0.29, 0.717) is 30.4 Å².